The van der Waals surface area contributed by atoms with Crippen LogP contribution in [0.3, 0.4) is 0 Å². The first-order valence-corrected chi connectivity index (χ1v) is 10.0. The number of nitrogens with one attached hydrogen (secondary N) is 2. The van der Waals surface area contributed by atoms with E-state index in [2.05, 4.69) is 31.8 Å². The van der Waals surface area contributed by atoms with Gasteiger partial charge in [-0.2, -0.15) is 5.10 Å². The lowest BCUT2D eigenvalue weighted by atomic mass is 10.2. The van der Waals surface area contributed by atoms with Gasteiger partial charge in [-0.15, -0.1) is 0 Å². The maximum absolute atomic E-state index is 11.9. The van der Waals surface area contributed by atoms with Gasteiger partial charge in [-0.05, 0) is 54.1 Å². The van der Waals surface area contributed by atoms with E-state index in [0.29, 0.717) is 17.4 Å². The van der Waals surface area contributed by atoms with E-state index < -0.39 is 0 Å². The van der Waals surface area contributed by atoms with Crippen LogP contribution in [0.15, 0.2) is 82.4 Å². The summed E-state index contributed by atoms with van der Waals surface area (Å²) >= 11 is 9.26. The summed E-state index contributed by atoms with van der Waals surface area (Å²) in [6.45, 7) is 0.538. The summed E-state index contributed by atoms with van der Waals surface area (Å²) in [4.78, 5) is 11.9. The molecule has 0 bridgehead atoms. The van der Waals surface area contributed by atoms with Crippen molar-refractivity contribution in [2.24, 2.45) is 5.10 Å². The Bertz CT molecular complexity index is 976. The second-order valence-electron chi connectivity index (χ2n) is 6.11. The van der Waals surface area contributed by atoms with Gasteiger partial charge in [-0.25, -0.2) is 5.43 Å². The quantitative estimate of drug-likeness (QED) is 0.348. The van der Waals surface area contributed by atoms with Gasteiger partial charge in [-0.3, -0.25) is 4.79 Å². The Morgan fingerprint density at radius 3 is 2.52 bits per heavy atom. The molecule has 1 amide bonds. The van der Waals surface area contributed by atoms with Crippen LogP contribution in [0.25, 0.3) is 0 Å². The van der Waals surface area contributed by atoms with Gasteiger partial charge in [0.25, 0.3) is 5.91 Å². The summed E-state index contributed by atoms with van der Waals surface area (Å²) in [5.41, 5.74) is 5.14. The number of anilines is 1. The number of hydrogen-bond donors (Lipinski definition) is 2. The van der Waals surface area contributed by atoms with Crippen molar-refractivity contribution in [2.75, 3.05) is 11.9 Å². The molecule has 0 saturated carbocycles. The number of hydrogen-bond acceptors (Lipinski definition) is 4. The molecule has 7 heteroatoms. The standard InChI is InChI=1S/C22H19BrClN3O2/c23-18-7-5-16(6-8-18)15-29-21-4-2-1-3-17(21)13-26-27-22(28)14-25-20-11-9-19(24)10-12-20/h1-13,25H,14-15H2,(H,27,28)/b26-13-. The highest BCUT2D eigenvalue weighted by atomic mass is 79.9. The van der Waals surface area contributed by atoms with Gasteiger partial charge < -0.3 is 10.1 Å². The molecule has 2 N–H and O–H groups in total. The average Bonchev–Trinajstić information content (AvgIpc) is 2.74. The van der Waals surface area contributed by atoms with Gasteiger partial charge in [-0.1, -0.05) is 51.8 Å². The molecule has 29 heavy (non-hydrogen) atoms. The smallest absolute Gasteiger partial charge is 0.259 e. The molecule has 0 aliphatic rings. The van der Waals surface area contributed by atoms with Crippen molar-refractivity contribution in [3.8, 4) is 5.75 Å². The van der Waals surface area contributed by atoms with E-state index in [9.17, 15) is 4.79 Å². The molecule has 0 atom stereocenters. The van der Waals surface area contributed by atoms with Gasteiger partial charge >= 0.3 is 0 Å². The van der Waals surface area contributed by atoms with Gasteiger partial charge in [0.05, 0.1) is 12.8 Å². The van der Waals surface area contributed by atoms with Crippen molar-refractivity contribution >= 4 is 45.3 Å². The first kappa shape index (κ1) is 20.9. The number of rotatable bonds is 8. The molecule has 3 rings (SSSR count). The van der Waals surface area contributed by atoms with Crippen molar-refractivity contribution < 1.29 is 9.53 Å². The third-order valence-corrected chi connectivity index (χ3v) is 4.70. The molecule has 3 aromatic rings. The molecule has 5 nitrogen and oxygen atoms in total. The molecular formula is C22H19BrClN3O2. The summed E-state index contributed by atoms with van der Waals surface area (Å²) in [5, 5.41) is 7.67. The molecule has 0 aliphatic heterocycles. The van der Waals surface area contributed by atoms with Gasteiger partial charge in [0, 0.05) is 20.7 Å². The van der Waals surface area contributed by atoms with Crippen LogP contribution in [0, 0.1) is 0 Å². The maximum Gasteiger partial charge on any atom is 0.259 e. The molecule has 0 radical (unpaired) electrons. The number of halogens is 2. The highest BCUT2D eigenvalue weighted by Gasteiger charge is 2.03. The Hall–Kier alpha value is -2.83. The van der Waals surface area contributed by atoms with E-state index in [1.807, 2.05) is 48.5 Å². The molecule has 0 fully saturated rings. The fourth-order valence-corrected chi connectivity index (χ4v) is 2.81. The average molecular weight is 473 g/mol. The minimum absolute atomic E-state index is 0.0979. The minimum Gasteiger partial charge on any atom is -0.488 e. The molecule has 148 valence electrons. The second kappa shape index (κ2) is 10.6. The number of hydrazone groups is 1. The zero-order chi connectivity index (χ0) is 20.5. The SMILES string of the molecule is O=C(CNc1ccc(Cl)cc1)N/N=C\c1ccccc1OCc1ccc(Br)cc1. The normalized spacial score (nSPS) is 10.7. The van der Waals surface area contributed by atoms with Gasteiger partial charge in [0.15, 0.2) is 0 Å². The van der Waals surface area contributed by atoms with Crippen molar-refractivity contribution in [3.05, 3.63) is 93.4 Å². The van der Waals surface area contributed by atoms with E-state index >= 15 is 0 Å². The number of benzene rings is 3. The van der Waals surface area contributed by atoms with Crippen LogP contribution >= 0.6 is 27.5 Å². The molecule has 0 saturated heterocycles. The predicted molar refractivity (Wildman–Crippen MR) is 121 cm³/mol. The van der Waals surface area contributed by atoms with E-state index in [0.717, 1.165) is 21.3 Å². The number of nitrogens with zero attached hydrogens (tertiary/aromatic N) is 1. The van der Waals surface area contributed by atoms with Crippen LogP contribution < -0.4 is 15.5 Å². The monoisotopic (exact) mass is 471 g/mol. The number of para-hydroxylation sites is 1. The fourth-order valence-electron chi connectivity index (χ4n) is 2.42. The Balaban J connectivity index is 1.51. The fraction of sp³-hybridized carbons (Fsp3) is 0.0909. The molecule has 0 heterocycles. The van der Waals surface area contributed by atoms with Crippen LogP contribution in [-0.4, -0.2) is 18.7 Å². The highest BCUT2D eigenvalue weighted by molar-refractivity contribution is 9.10. The summed E-state index contributed by atoms with van der Waals surface area (Å²) in [7, 11) is 0. The zero-order valence-corrected chi connectivity index (χ0v) is 17.8. The number of carbonyl (C=O) groups is 1. The molecule has 0 spiro atoms. The van der Waals surface area contributed by atoms with Crippen molar-refractivity contribution in [1.82, 2.24) is 5.43 Å². The second-order valence-corrected chi connectivity index (χ2v) is 7.46. The van der Waals surface area contributed by atoms with Crippen LogP contribution in [0.2, 0.25) is 5.02 Å². The van der Waals surface area contributed by atoms with Crippen LogP contribution in [0.4, 0.5) is 5.69 Å². The summed E-state index contributed by atoms with van der Waals surface area (Å²) < 4.78 is 6.92. The molecule has 0 unspecified atom stereocenters. The van der Waals surface area contributed by atoms with Crippen molar-refractivity contribution in [2.45, 2.75) is 6.61 Å². The summed E-state index contributed by atoms with van der Waals surface area (Å²) in [5.74, 6) is 0.428. The van der Waals surface area contributed by atoms with Crippen LogP contribution in [-0.2, 0) is 11.4 Å². The molecule has 0 aromatic heterocycles. The predicted octanol–water partition coefficient (Wildman–Crippen LogP) is 5.24. The van der Waals surface area contributed by atoms with Gasteiger partial charge in [0.1, 0.15) is 12.4 Å². The Morgan fingerprint density at radius 2 is 1.76 bits per heavy atom. The van der Waals surface area contributed by atoms with E-state index in [1.54, 1.807) is 30.5 Å². The summed E-state index contributed by atoms with van der Waals surface area (Å²) in [6.07, 6.45) is 1.57. The molecule has 0 aliphatic carbocycles. The van der Waals surface area contributed by atoms with Crippen LogP contribution in [0.5, 0.6) is 5.75 Å². The summed E-state index contributed by atoms with van der Waals surface area (Å²) in [6, 6.07) is 22.6. The van der Waals surface area contributed by atoms with Crippen molar-refractivity contribution in [3.63, 3.8) is 0 Å². The lowest BCUT2D eigenvalue weighted by molar-refractivity contribution is -0.119. The highest BCUT2D eigenvalue weighted by Crippen LogP contribution is 2.18. The Kier molecular flexibility index (Phi) is 7.67. The third kappa shape index (κ3) is 6.93. The largest absolute Gasteiger partial charge is 0.488 e. The molecular weight excluding hydrogens is 454 g/mol. The third-order valence-electron chi connectivity index (χ3n) is 3.92. The first-order valence-electron chi connectivity index (χ1n) is 8.88. The minimum atomic E-state index is -0.260. The topological polar surface area (TPSA) is 62.7 Å². The van der Waals surface area contributed by atoms with Crippen molar-refractivity contribution in [1.29, 1.82) is 0 Å². The first-order chi connectivity index (χ1) is 14.1. The van der Waals surface area contributed by atoms with Crippen LogP contribution in [0.1, 0.15) is 11.1 Å². The van der Waals surface area contributed by atoms with Gasteiger partial charge in [0.2, 0.25) is 0 Å². The lowest BCUT2D eigenvalue weighted by Gasteiger charge is -2.09. The maximum atomic E-state index is 11.9. The number of amides is 1. The Morgan fingerprint density at radius 1 is 1.03 bits per heavy atom. The lowest BCUT2D eigenvalue weighted by Crippen LogP contribution is -2.25. The molecule has 3 aromatic carbocycles. The zero-order valence-electron chi connectivity index (χ0n) is 15.4. The number of ether oxygens (including phenoxy) is 1. The number of carbonyl (C=O) groups excluding carboxylic acids is 1. The van der Waals surface area contributed by atoms with E-state index in [-0.39, 0.29) is 12.5 Å². The van der Waals surface area contributed by atoms with E-state index in [1.165, 1.54) is 0 Å². The van der Waals surface area contributed by atoms with E-state index in [4.69, 9.17) is 16.3 Å². The Labute approximate surface area is 182 Å².